The molecule has 0 atom stereocenters. The van der Waals surface area contributed by atoms with Crippen molar-refractivity contribution in [1.29, 1.82) is 0 Å². The Hall–Kier alpha value is -0.770. The Balaban J connectivity index is 2.68. The first kappa shape index (κ1) is 16.3. The second-order valence-corrected chi connectivity index (χ2v) is 6.09. The van der Waals surface area contributed by atoms with Crippen LogP contribution in [0, 0.1) is 0 Å². The summed E-state index contributed by atoms with van der Waals surface area (Å²) in [6, 6.07) is 3.30. The fraction of sp³-hybridized carbons (Fsp3) is 0.500. The van der Waals surface area contributed by atoms with Crippen LogP contribution < -0.4 is 0 Å². The van der Waals surface area contributed by atoms with Crippen LogP contribution in [0.5, 0.6) is 0 Å². The Morgan fingerprint density at radius 2 is 1.74 bits per heavy atom. The zero-order valence-corrected chi connectivity index (χ0v) is 12.8. The molecule has 5 heteroatoms. The van der Waals surface area contributed by atoms with Gasteiger partial charge in [0.25, 0.3) is 0 Å². The van der Waals surface area contributed by atoms with E-state index in [1.54, 1.807) is 12.1 Å². The van der Waals surface area contributed by atoms with Gasteiger partial charge in [0, 0.05) is 16.5 Å². The minimum atomic E-state index is -0.487. The van der Waals surface area contributed by atoms with Crippen LogP contribution in [0.2, 0.25) is 10.0 Å². The highest BCUT2D eigenvalue weighted by atomic mass is 35.5. The minimum Gasteiger partial charge on any atom is -0.460 e. The van der Waals surface area contributed by atoms with E-state index in [0.717, 1.165) is 5.56 Å². The lowest BCUT2D eigenvalue weighted by Crippen LogP contribution is -2.24. The van der Waals surface area contributed by atoms with Crippen LogP contribution in [-0.4, -0.2) is 16.7 Å². The molecule has 0 bridgehead atoms. The molecule has 0 saturated heterocycles. The van der Waals surface area contributed by atoms with Crippen molar-refractivity contribution in [2.45, 2.75) is 45.8 Å². The van der Waals surface area contributed by atoms with Gasteiger partial charge >= 0.3 is 5.97 Å². The number of benzene rings is 1. The first-order chi connectivity index (χ1) is 8.73. The van der Waals surface area contributed by atoms with Gasteiger partial charge in [-0.05, 0) is 50.5 Å². The number of hydrogen-bond donors (Lipinski definition) is 1. The number of esters is 1. The predicted molar refractivity (Wildman–Crippen MR) is 76.6 cm³/mol. The molecule has 1 aromatic carbocycles. The maximum absolute atomic E-state index is 11.6. The number of carbonyl (C=O) groups is 1. The molecule has 1 aromatic rings. The second kappa shape index (κ2) is 6.60. The van der Waals surface area contributed by atoms with Crippen LogP contribution in [0.15, 0.2) is 12.1 Å². The lowest BCUT2D eigenvalue weighted by Gasteiger charge is -2.19. The van der Waals surface area contributed by atoms with Gasteiger partial charge in [-0.3, -0.25) is 4.79 Å². The number of aliphatic hydroxyl groups excluding tert-OH is 1. The summed E-state index contributed by atoms with van der Waals surface area (Å²) in [4.78, 5) is 11.6. The number of rotatable bonds is 4. The van der Waals surface area contributed by atoms with E-state index in [1.807, 2.05) is 20.8 Å². The fourth-order valence-electron chi connectivity index (χ4n) is 1.57. The Morgan fingerprint density at radius 3 is 2.26 bits per heavy atom. The highest BCUT2D eigenvalue weighted by molar-refractivity contribution is 6.34. The van der Waals surface area contributed by atoms with Crippen molar-refractivity contribution in [3.8, 4) is 0 Å². The summed E-state index contributed by atoms with van der Waals surface area (Å²) in [5, 5.41) is 10.0. The van der Waals surface area contributed by atoms with E-state index < -0.39 is 5.60 Å². The number of aliphatic hydroxyl groups is 1. The van der Waals surface area contributed by atoms with Gasteiger partial charge in [0.1, 0.15) is 5.60 Å². The SMILES string of the molecule is CC(C)(C)OC(=O)CCc1cc(Cl)c(CO)cc1Cl. The van der Waals surface area contributed by atoms with Crippen molar-refractivity contribution >= 4 is 29.2 Å². The molecule has 0 aliphatic carbocycles. The van der Waals surface area contributed by atoms with Gasteiger partial charge in [0.05, 0.1) is 6.61 Å². The number of carbonyl (C=O) groups excluding carboxylic acids is 1. The molecule has 0 spiro atoms. The molecule has 0 fully saturated rings. The maximum atomic E-state index is 11.6. The van der Waals surface area contributed by atoms with Crippen molar-refractivity contribution in [1.82, 2.24) is 0 Å². The zero-order chi connectivity index (χ0) is 14.6. The van der Waals surface area contributed by atoms with Crippen molar-refractivity contribution < 1.29 is 14.6 Å². The number of hydrogen-bond acceptors (Lipinski definition) is 3. The molecule has 1 N–H and O–H groups in total. The lowest BCUT2D eigenvalue weighted by molar-refractivity contribution is -0.154. The summed E-state index contributed by atoms with van der Waals surface area (Å²) in [5.41, 5.74) is 0.863. The van der Waals surface area contributed by atoms with Gasteiger partial charge in [0.15, 0.2) is 0 Å². The smallest absolute Gasteiger partial charge is 0.306 e. The molecule has 0 aliphatic heterocycles. The Labute approximate surface area is 123 Å². The molecule has 0 aromatic heterocycles. The Kier molecular flexibility index (Phi) is 5.65. The molecule has 0 heterocycles. The first-order valence-corrected chi connectivity index (χ1v) is 6.78. The highest BCUT2D eigenvalue weighted by Gasteiger charge is 2.16. The summed E-state index contributed by atoms with van der Waals surface area (Å²) in [7, 11) is 0. The molecule has 3 nitrogen and oxygen atoms in total. The van der Waals surface area contributed by atoms with Gasteiger partial charge in [-0.15, -0.1) is 0 Å². The van der Waals surface area contributed by atoms with Crippen LogP contribution in [0.25, 0.3) is 0 Å². The lowest BCUT2D eigenvalue weighted by atomic mass is 10.1. The molecule has 0 saturated carbocycles. The molecule has 0 aliphatic rings. The predicted octanol–water partition coefficient (Wildman–Crippen LogP) is 3.76. The summed E-state index contributed by atoms with van der Waals surface area (Å²) >= 11 is 12.1. The van der Waals surface area contributed by atoms with Crippen LogP contribution in [-0.2, 0) is 22.6 Å². The Bertz CT molecular complexity index is 464. The summed E-state index contributed by atoms with van der Waals surface area (Å²) in [6.07, 6.45) is 0.699. The number of ether oxygens (including phenoxy) is 1. The largest absolute Gasteiger partial charge is 0.460 e. The third-order valence-electron chi connectivity index (χ3n) is 2.40. The van der Waals surface area contributed by atoms with Gasteiger partial charge in [-0.1, -0.05) is 23.2 Å². The molecular formula is C14H18Cl2O3. The standard InChI is InChI=1S/C14H18Cl2O3/c1-14(2,3)19-13(18)5-4-9-6-12(16)10(8-17)7-11(9)15/h6-7,17H,4-5,8H2,1-3H3. The molecule has 1 rings (SSSR count). The van der Waals surface area contributed by atoms with Gasteiger partial charge < -0.3 is 9.84 Å². The van der Waals surface area contributed by atoms with E-state index in [0.29, 0.717) is 22.0 Å². The summed E-state index contributed by atoms with van der Waals surface area (Å²) in [5.74, 6) is -0.272. The molecule has 0 unspecified atom stereocenters. The quantitative estimate of drug-likeness (QED) is 0.862. The van der Waals surface area contributed by atoms with Crippen molar-refractivity contribution in [3.63, 3.8) is 0 Å². The van der Waals surface area contributed by atoms with Crippen LogP contribution >= 0.6 is 23.2 Å². The third kappa shape index (κ3) is 5.39. The summed E-state index contributed by atoms with van der Waals surface area (Å²) in [6.45, 7) is 5.31. The van der Waals surface area contributed by atoms with Gasteiger partial charge in [-0.2, -0.15) is 0 Å². The Morgan fingerprint density at radius 1 is 1.21 bits per heavy atom. The first-order valence-electron chi connectivity index (χ1n) is 6.02. The third-order valence-corrected chi connectivity index (χ3v) is 3.11. The molecule has 19 heavy (non-hydrogen) atoms. The van der Waals surface area contributed by atoms with E-state index in [9.17, 15) is 4.79 Å². The van der Waals surface area contributed by atoms with Crippen molar-refractivity contribution in [3.05, 3.63) is 33.3 Å². The van der Waals surface area contributed by atoms with Gasteiger partial charge in [-0.25, -0.2) is 0 Å². The van der Waals surface area contributed by atoms with E-state index in [4.69, 9.17) is 33.0 Å². The average molecular weight is 305 g/mol. The molecule has 106 valence electrons. The fourth-order valence-corrected chi connectivity index (χ4v) is 2.10. The maximum Gasteiger partial charge on any atom is 0.306 e. The van der Waals surface area contributed by atoms with E-state index in [-0.39, 0.29) is 19.0 Å². The average Bonchev–Trinajstić information content (AvgIpc) is 2.27. The van der Waals surface area contributed by atoms with E-state index in [2.05, 4.69) is 0 Å². The normalized spacial score (nSPS) is 11.5. The number of halogens is 2. The highest BCUT2D eigenvalue weighted by Crippen LogP contribution is 2.26. The van der Waals surface area contributed by atoms with Crippen LogP contribution in [0.4, 0.5) is 0 Å². The zero-order valence-electron chi connectivity index (χ0n) is 11.3. The van der Waals surface area contributed by atoms with Crippen LogP contribution in [0.1, 0.15) is 38.3 Å². The van der Waals surface area contributed by atoms with E-state index >= 15 is 0 Å². The van der Waals surface area contributed by atoms with Crippen LogP contribution in [0.3, 0.4) is 0 Å². The minimum absolute atomic E-state index is 0.162. The second-order valence-electron chi connectivity index (χ2n) is 5.28. The topological polar surface area (TPSA) is 46.5 Å². The van der Waals surface area contributed by atoms with Crippen molar-refractivity contribution in [2.24, 2.45) is 0 Å². The monoisotopic (exact) mass is 304 g/mol. The van der Waals surface area contributed by atoms with E-state index in [1.165, 1.54) is 0 Å². The molecule has 0 radical (unpaired) electrons. The molecular weight excluding hydrogens is 287 g/mol. The molecule has 0 amide bonds. The van der Waals surface area contributed by atoms with Gasteiger partial charge in [0.2, 0.25) is 0 Å². The summed E-state index contributed by atoms with van der Waals surface area (Å²) < 4.78 is 5.22. The van der Waals surface area contributed by atoms with Crippen molar-refractivity contribution in [2.75, 3.05) is 0 Å². The number of aryl methyl sites for hydroxylation is 1.